The first kappa shape index (κ1) is 18.9. The molecule has 6 nitrogen and oxygen atoms in total. The maximum atomic E-state index is 12.7. The maximum absolute atomic E-state index is 12.7. The number of nitrogens with one attached hydrogen (secondary N) is 1. The lowest BCUT2D eigenvalue weighted by Crippen LogP contribution is -2.22. The first-order valence-electron chi connectivity index (χ1n) is 9.00. The fourth-order valence-corrected chi connectivity index (χ4v) is 4.83. The Kier molecular flexibility index (Phi) is 4.84. The molecule has 4 aromatic rings. The number of carbonyl (C=O) groups is 1. The molecule has 1 aromatic carbocycles. The maximum Gasteiger partial charge on any atom is 0.239 e. The Labute approximate surface area is 171 Å². The number of fused-ring (bicyclic) bond motifs is 3. The van der Waals surface area contributed by atoms with Crippen molar-refractivity contribution in [2.45, 2.75) is 45.0 Å². The topological polar surface area (TPSA) is 72.2 Å². The third-order valence-corrected chi connectivity index (χ3v) is 6.83. The van der Waals surface area contributed by atoms with E-state index in [9.17, 15) is 4.79 Å². The van der Waals surface area contributed by atoms with Gasteiger partial charge in [0.05, 0.1) is 16.5 Å². The molecule has 1 amide bonds. The molecule has 0 bridgehead atoms. The van der Waals surface area contributed by atoms with Crippen LogP contribution in [0.2, 0.25) is 0 Å². The highest BCUT2D eigenvalue weighted by atomic mass is 32.2. The highest BCUT2D eigenvalue weighted by Gasteiger charge is 2.21. The number of aromatic nitrogens is 4. The van der Waals surface area contributed by atoms with Crippen molar-refractivity contribution in [3.05, 3.63) is 46.0 Å². The molecule has 28 heavy (non-hydrogen) atoms. The van der Waals surface area contributed by atoms with E-state index in [1.54, 1.807) is 0 Å². The van der Waals surface area contributed by atoms with E-state index in [2.05, 4.69) is 52.5 Å². The van der Waals surface area contributed by atoms with E-state index < -0.39 is 0 Å². The number of pyridine rings is 1. The molecule has 144 valence electrons. The normalized spacial score (nSPS) is 12.6. The van der Waals surface area contributed by atoms with E-state index in [1.165, 1.54) is 28.5 Å². The van der Waals surface area contributed by atoms with Gasteiger partial charge in [-0.15, -0.1) is 21.5 Å². The zero-order valence-electron chi connectivity index (χ0n) is 16.4. The summed E-state index contributed by atoms with van der Waals surface area (Å²) in [6.07, 6.45) is 0. The second kappa shape index (κ2) is 7.18. The van der Waals surface area contributed by atoms with Crippen LogP contribution in [0.5, 0.6) is 0 Å². The van der Waals surface area contributed by atoms with E-state index in [4.69, 9.17) is 0 Å². The zero-order chi connectivity index (χ0) is 20.0. The molecule has 0 saturated heterocycles. The molecule has 0 aliphatic heterocycles. The number of aryl methyl sites for hydroxylation is 4. The summed E-state index contributed by atoms with van der Waals surface area (Å²) in [5.74, 6) is -0.0939. The number of amides is 1. The highest BCUT2D eigenvalue weighted by Crippen LogP contribution is 2.30. The van der Waals surface area contributed by atoms with Crippen molar-refractivity contribution < 1.29 is 4.79 Å². The predicted octanol–water partition coefficient (Wildman–Crippen LogP) is 4.69. The van der Waals surface area contributed by atoms with E-state index in [-0.39, 0.29) is 11.2 Å². The average molecular weight is 412 g/mol. The van der Waals surface area contributed by atoms with Gasteiger partial charge in [0.15, 0.2) is 15.9 Å². The number of para-hydroxylation sites is 1. The van der Waals surface area contributed by atoms with Gasteiger partial charge in [0, 0.05) is 10.3 Å². The molecule has 8 heteroatoms. The molecule has 3 heterocycles. The lowest BCUT2D eigenvalue weighted by atomic mass is 10.1. The molecule has 1 atom stereocenters. The molecule has 0 aliphatic carbocycles. The number of nitrogens with zero attached hydrogens (tertiary/aromatic N) is 4. The van der Waals surface area contributed by atoms with Gasteiger partial charge in [-0.1, -0.05) is 30.0 Å². The molecule has 0 radical (unpaired) electrons. The number of hydrogen-bond donors (Lipinski definition) is 1. The Morgan fingerprint density at radius 3 is 2.68 bits per heavy atom. The van der Waals surface area contributed by atoms with Gasteiger partial charge in [0.1, 0.15) is 0 Å². The Hall–Kier alpha value is -2.45. The standard InChI is InChI=1S/C20H21N5OS2/c1-10-7-6-8-15-11(2)9-16-23-24-20(25(16)17(10)15)28-14(5)18(26)22-19-21-12(3)13(4)27-19/h6-9,14H,1-5H3,(H,21,22,26). The molecule has 0 saturated carbocycles. The van der Waals surface area contributed by atoms with Gasteiger partial charge in [-0.25, -0.2) is 4.98 Å². The van der Waals surface area contributed by atoms with Gasteiger partial charge in [-0.2, -0.15) is 0 Å². The molecule has 1 N–H and O–H groups in total. The largest absolute Gasteiger partial charge is 0.301 e. The van der Waals surface area contributed by atoms with Crippen molar-refractivity contribution in [1.29, 1.82) is 0 Å². The smallest absolute Gasteiger partial charge is 0.239 e. The Bertz CT molecular complexity index is 1190. The number of rotatable bonds is 4. The monoisotopic (exact) mass is 411 g/mol. The van der Waals surface area contributed by atoms with Crippen molar-refractivity contribution in [3.8, 4) is 0 Å². The quantitative estimate of drug-likeness (QED) is 0.493. The molecule has 0 aliphatic rings. The summed E-state index contributed by atoms with van der Waals surface area (Å²) in [7, 11) is 0. The minimum Gasteiger partial charge on any atom is -0.301 e. The molecule has 0 fully saturated rings. The summed E-state index contributed by atoms with van der Waals surface area (Å²) in [4.78, 5) is 18.2. The van der Waals surface area contributed by atoms with Crippen LogP contribution in [-0.4, -0.2) is 30.7 Å². The molecule has 4 rings (SSSR count). The lowest BCUT2D eigenvalue weighted by Gasteiger charge is -2.12. The highest BCUT2D eigenvalue weighted by molar-refractivity contribution is 8.00. The van der Waals surface area contributed by atoms with Crippen LogP contribution >= 0.6 is 23.1 Å². The van der Waals surface area contributed by atoms with Crippen LogP contribution in [0.4, 0.5) is 5.13 Å². The van der Waals surface area contributed by atoms with Crippen LogP contribution in [0, 0.1) is 27.7 Å². The van der Waals surface area contributed by atoms with Crippen LogP contribution in [-0.2, 0) is 4.79 Å². The number of thioether (sulfide) groups is 1. The lowest BCUT2D eigenvalue weighted by molar-refractivity contribution is -0.115. The zero-order valence-corrected chi connectivity index (χ0v) is 18.0. The molecule has 3 aromatic heterocycles. The first-order valence-corrected chi connectivity index (χ1v) is 10.7. The predicted molar refractivity (Wildman–Crippen MR) is 116 cm³/mol. The number of benzene rings is 1. The van der Waals surface area contributed by atoms with E-state index in [1.807, 2.05) is 31.2 Å². The summed E-state index contributed by atoms with van der Waals surface area (Å²) in [5.41, 5.74) is 5.14. The second-order valence-corrected chi connectivity index (χ2v) is 9.40. The third kappa shape index (κ3) is 3.27. The summed E-state index contributed by atoms with van der Waals surface area (Å²) >= 11 is 2.89. The molecule has 1 unspecified atom stereocenters. The van der Waals surface area contributed by atoms with Gasteiger partial charge in [0.25, 0.3) is 0 Å². The van der Waals surface area contributed by atoms with Gasteiger partial charge >= 0.3 is 0 Å². The fraction of sp³-hybridized carbons (Fsp3) is 0.300. The number of anilines is 1. The summed E-state index contributed by atoms with van der Waals surface area (Å²) in [6.45, 7) is 9.98. The third-order valence-electron chi connectivity index (χ3n) is 4.80. The van der Waals surface area contributed by atoms with E-state index >= 15 is 0 Å². The van der Waals surface area contributed by atoms with Crippen molar-refractivity contribution in [3.63, 3.8) is 0 Å². The first-order chi connectivity index (χ1) is 13.3. The minimum absolute atomic E-state index is 0.0939. The average Bonchev–Trinajstić information content (AvgIpc) is 3.18. The summed E-state index contributed by atoms with van der Waals surface area (Å²) < 4.78 is 2.05. The Morgan fingerprint density at radius 2 is 1.96 bits per heavy atom. The second-order valence-electron chi connectivity index (χ2n) is 6.88. The number of thiazole rings is 1. The summed E-state index contributed by atoms with van der Waals surface area (Å²) in [5, 5.41) is 13.8. The van der Waals surface area contributed by atoms with Crippen LogP contribution in [0.3, 0.4) is 0 Å². The van der Waals surface area contributed by atoms with Gasteiger partial charge in [0.2, 0.25) is 5.91 Å². The molecule has 0 spiro atoms. The van der Waals surface area contributed by atoms with Crippen molar-refractivity contribution >= 4 is 50.7 Å². The Morgan fingerprint density at radius 1 is 1.18 bits per heavy atom. The SMILES string of the molecule is Cc1nc(NC(=O)C(C)Sc2nnc3cc(C)c4cccc(C)c4n23)sc1C. The molecular formula is C20H21N5OS2. The van der Waals surface area contributed by atoms with Crippen molar-refractivity contribution in [2.24, 2.45) is 0 Å². The van der Waals surface area contributed by atoms with Crippen molar-refractivity contribution in [2.75, 3.05) is 5.32 Å². The van der Waals surface area contributed by atoms with Crippen LogP contribution < -0.4 is 5.32 Å². The Balaban J connectivity index is 1.67. The van der Waals surface area contributed by atoms with Gasteiger partial charge in [-0.05, 0) is 51.8 Å². The summed E-state index contributed by atoms with van der Waals surface area (Å²) in [6, 6.07) is 8.28. The fourth-order valence-electron chi connectivity index (χ4n) is 3.15. The van der Waals surface area contributed by atoms with Crippen LogP contribution in [0.25, 0.3) is 16.6 Å². The van der Waals surface area contributed by atoms with Gasteiger partial charge < -0.3 is 5.32 Å². The molecular weight excluding hydrogens is 390 g/mol. The van der Waals surface area contributed by atoms with Crippen molar-refractivity contribution in [1.82, 2.24) is 19.6 Å². The minimum atomic E-state index is -0.336. The van der Waals surface area contributed by atoms with Crippen LogP contribution in [0.1, 0.15) is 28.6 Å². The van der Waals surface area contributed by atoms with E-state index in [0.717, 1.165) is 32.9 Å². The van der Waals surface area contributed by atoms with E-state index in [0.29, 0.717) is 10.3 Å². The van der Waals surface area contributed by atoms with Crippen LogP contribution in [0.15, 0.2) is 29.4 Å². The number of hydrogen-bond acceptors (Lipinski definition) is 6. The van der Waals surface area contributed by atoms with Gasteiger partial charge in [-0.3, -0.25) is 9.20 Å². The number of carbonyl (C=O) groups excluding carboxylic acids is 1.